The smallest absolute Gasteiger partial charge is 0.338 e. The average Bonchev–Trinajstić information content (AvgIpc) is 3.28. The quantitative estimate of drug-likeness (QED) is 0.446. The number of allylic oxidation sites excluding steroid dienone is 1. The second kappa shape index (κ2) is 8.88. The zero-order chi connectivity index (χ0) is 27.8. The highest BCUT2D eigenvalue weighted by molar-refractivity contribution is 6.00. The summed E-state index contributed by atoms with van der Waals surface area (Å²) < 4.78 is 12.5. The molecule has 0 bridgehead atoms. The fourth-order valence-electron chi connectivity index (χ4n) is 7.80. The number of ether oxygens (including phenoxy) is 2. The first-order valence-electron chi connectivity index (χ1n) is 13.6. The van der Waals surface area contributed by atoms with Crippen molar-refractivity contribution in [1.29, 1.82) is 0 Å². The van der Waals surface area contributed by atoms with E-state index in [1.165, 1.54) is 0 Å². The number of aliphatic hydroxyl groups excluding tert-OH is 1. The number of aliphatic hydroxyl groups is 2. The van der Waals surface area contributed by atoms with Crippen LogP contribution in [0.25, 0.3) is 0 Å². The number of esters is 2. The molecule has 38 heavy (non-hydrogen) atoms. The number of fused-ring (bicyclic) bond motifs is 5. The molecule has 0 heterocycles. The molecule has 0 spiro atoms. The number of hydrogen-bond donors (Lipinski definition) is 2. The molecule has 7 heteroatoms. The van der Waals surface area contributed by atoms with Crippen molar-refractivity contribution in [3.8, 4) is 0 Å². The summed E-state index contributed by atoms with van der Waals surface area (Å²) in [5.41, 5.74) is -1.65. The molecule has 0 saturated heterocycles. The van der Waals surface area contributed by atoms with Gasteiger partial charge in [0.1, 0.15) is 6.10 Å². The van der Waals surface area contributed by atoms with Gasteiger partial charge in [0, 0.05) is 35.0 Å². The summed E-state index contributed by atoms with van der Waals surface area (Å²) in [6, 6.07) is 8.63. The molecular weight excluding hydrogens is 484 g/mol. The van der Waals surface area contributed by atoms with Gasteiger partial charge in [-0.3, -0.25) is 9.59 Å². The topological polar surface area (TPSA) is 110 Å². The molecule has 0 radical (unpaired) electrons. The van der Waals surface area contributed by atoms with Crippen LogP contribution in [0, 0.1) is 40.9 Å². The van der Waals surface area contributed by atoms with Crippen molar-refractivity contribution in [2.75, 3.05) is 6.61 Å². The lowest BCUT2D eigenvalue weighted by Crippen LogP contribution is -2.63. The average molecular weight is 523 g/mol. The molecule has 2 N–H and O–H groups in total. The summed E-state index contributed by atoms with van der Waals surface area (Å²) in [4.78, 5) is 39.7. The molecular formula is C31H38O7. The van der Waals surface area contributed by atoms with Crippen LogP contribution in [0.4, 0.5) is 0 Å². The maximum atomic E-state index is 13.4. The van der Waals surface area contributed by atoms with E-state index in [1.807, 2.05) is 39.0 Å². The zero-order valence-electron chi connectivity index (χ0n) is 22.9. The lowest BCUT2D eigenvalue weighted by Gasteiger charge is -2.52. The summed E-state index contributed by atoms with van der Waals surface area (Å²) in [6.45, 7) is 10.8. The van der Waals surface area contributed by atoms with Gasteiger partial charge in [0.2, 0.25) is 0 Å². The Labute approximate surface area is 223 Å². The molecule has 0 amide bonds. The molecule has 1 aromatic carbocycles. The van der Waals surface area contributed by atoms with Crippen molar-refractivity contribution in [2.24, 2.45) is 40.9 Å². The number of benzene rings is 1. The van der Waals surface area contributed by atoms with E-state index in [-0.39, 0.29) is 12.4 Å². The summed E-state index contributed by atoms with van der Waals surface area (Å²) in [6.07, 6.45) is 3.15. The van der Waals surface area contributed by atoms with E-state index in [0.29, 0.717) is 23.1 Å². The van der Waals surface area contributed by atoms with Gasteiger partial charge >= 0.3 is 11.9 Å². The van der Waals surface area contributed by atoms with Crippen LogP contribution in [-0.2, 0) is 19.1 Å². The van der Waals surface area contributed by atoms with Crippen LogP contribution in [-0.4, -0.2) is 51.8 Å². The third kappa shape index (κ3) is 3.51. The van der Waals surface area contributed by atoms with E-state index in [9.17, 15) is 24.6 Å². The molecule has 8 atom stereocenters. The van der Waals surface area contributed by atoms with Gasteiger partial charge < -0.3 is 19.7 Å². The third-order valence-electron chi connectivity index (χ3n) is 9.87. The van der Waals surface area contributed by atoms with Crippen molar-refractivity contribution in [1.82, 2.24) is 0 Å². The lowest BCUT2D eigenvalue weighted by molar-refractivity contribution is -0.210. The first-order chi connectivity index (χ1) is 17.8. The molecule has 1 aromatic rings. The van der Waals surface area contributed by atoms with Crippen molar-refractivity contribution < 1.29 is 34.1 Å². The van der Waals surface area contributed by atoms with Crippen molar-refractivity contribution in [3.05, 3.63) is 59.2 Å². The SMILES string of the molecule is CC1=CC2C(CC(CO)=CC3C4C(C)(C)C4(OC(=O)C(C)C)C(OC(=O)c4ccccc4)C(C)C23O)C1=O. The fraction of sp³-hybridized carbons (Fsp3) is 0.581. The number of hydrogen-bond acceptors (Lipinski definition) is 7. The minimum absolute atomic E-state index is 0.0356. The van der Waals surface area contributed by atoms with Crippen LogP contribution in [0.15, 0.2) is 53.6 Å². The predicted octanol–water partition coefficient (Wildman–Crippen LogP) is 3.89. The van der Waals surface area contributed by atoms with E-state index < -0.39 is 70.2 Å². The number of ketones is 1. The Hall–Kier alpha value is -2.77. The Morgan fingerprint density at radius 1 is 1.11 bits per heavy atom. The van der Waals surface area contributed by atoms with Gasteiger partial charge in [0.15, 0.2) is 11.4 Å². The number of rotatable bonds is 5. The molecule has 2 fully saturated rings. The molecule has 2 saturated carbocycles. The van der Waals surface area contributed by atoms with E-state index in [2.05, 4.69) is 0 Å². The van der Waals surface area contributed by atoms with Gasteiger partial charge in [-0.25, -0.2) is 4.79 Å². The number of Topliss-reactive ketones (excluding diaryl/α,β-unsaturated/α-hetero) is 1. The Kier molecular flexibility index (Phi) is 6.27. The normalized spacial score (nSPS) is 38.7. The van der Waals surface area contributed by atoms with Crippen molar-refractivity contribution in [2.45, 2.75) is 65.3 Å². The first kappa shape index (κ1) is 26.8. The van der Waals surface area contributed by atoms with E-state index in [1.54, 1.807) is 45.0 Å². The van der Waals surface area contributed by atoms with Crippen molar-refractivity contribution in [3.63, 3.8) is 0 Å². The van der Waals surface area contributed by atoms with Gasteiger partial charge in [-0.15, -0.1) is 0 Å². The summed E-state index contributed by atoms with van der Waals surface area (Å²) >= 11 is 0. The first-order valence-corrected chi connectivity index (χ1v) is 13.6. The lowest BCUT2D eigenvalue weighted by atomic mass is 9.59. The Morgan fingerprint density at radius 3 is 2.37 bits per heavy atom. The molecule has 4 aliphatic rings. The summed E-state index contributed by atoms with van der Waals surface area (Å²) in [5, 5.41) is 22.9. The molecule has 7 nitrogen and oxygen atoms in total. The monoisotopic (exact) mass is 522 g/mol. The van der Waals surface area contributed by atoms with Gasteiger partial charge in [-0.2, -0.15) is 0 Å². The standard InChI is InChI=1S/C31H38O7/c1-16(2)27(34)38-31-25(29(31,5)6)23-14-19(15-32)13-21-22(12-17(3)24(21)33)30(23,36)18(4)26(31)37-28(35)20-10-8-7-9-11-20/h7-12,14,16,18,21-23,25-26,32,36H,13,15H2,1-6H3. The van der Waals surface area contributed by atoms with Crippen LogP contribution >= 0.6 is 0 Å². The second-order valence-corrected chi connectivity index (χ2v) is 12.5. The predicted molar refractivity (Wildman–Crippen MR) is 140 cm³/mol. The van der Waals surface area contributed by atoms with Gasteiger partial charge in [-0.1, -0.05) is 65.0 Å². The Bertz CT molecular complexity index is 1230. The molecule has 4 aliphatic carbocycles. The highest BCUT2D eigenvalue weighted by Crippen LogP contribution is 2.77. The highest BCUT2D eigenvalue weighted by Gasteiger charge is 2.87. The Morgan fingerprint density at radius 2 is 1.76 bits per heavy atom. The molecule has 0 aromatic heterocycles. The Balaban J connectivity index is 1.68. The maximum absolute atomic E-state index is 13.4. The van der Waals surface area contributed by atoms with Crippen LogP contribution in [0.1, 0.15) is 58.3 Å². The van der Waals surface area contributed by atoms with Crippen LogP contribution in [0.3, 0.4) is 0 Å². The minimum Gasteiger partial charge on any atom is -0.454 e. The van der Waals surface area contributed by atoms with E-state index in [4.69, 9.17) is 9.47 Å². The van der Waals surface area contributed by atoms with Gasteiger partial charge in [-0.05, 0) is 36.6 Å². The summed E-state index contributed by atoms with van der Waals surface area (Å²) in [7, 11) is 0. The third-order valence-corrected chi connectivity index (χ3v) is 9.87. The largest absolute Gasteiger partial charge is 0.454 e. The molecule has 0 aliphatic heterocycles. The minimum atomic E-state index is -1.47. The van der Waals surface area contributed by atoms with E-state index >= 15 is 0 Å². The maximum Gasteiger partial charge on any atom is 0.338 e. The van der Waals surface area contributed by atoms with Crippen molar-refractivity contribution >= 4 is 17.7 Å². The summed E-state index contributed by atoms with van der Waals surface area (Å²) in [5.74, 6) is -4.03. The fourth-order valence-corrected chi connectivity index (χ4v) is 7.80. The van der Waals surface area contributed by atoms with Crippen LogP contribution in [0.2, 0.25) is 0 Å². The van der Waals surface area contributed by atoms with E-state index in [0.717, 1.165) is 0 Å². The molecule has 204 valence electrons. The van der Waals surface area contributed by atoms with Crippen LogP contribution < -0.4 is 0 Å². The number of carbonyl (C=O) groups is 3. The highest BCUT2D eigenvalue weighted by atomic mass is 16.6. The molecule has 5 rings (SSSR count). The zero-order valence-corrected chi connectivity index (χ0v) is 22.9. The van der Waals surface area contributed by atoms with Crippen LogP contribution in [0.5, 0.6) is 0 Å². The second-order valence-electron chi connectivity index (χ2n) is 12.5. The molecule has 8 unspecified atom stereocenters. The van der Waals surface area contributed by atoms with Gasteiger partial charge in [0.25, 0.3) is 0 Å². The number of carbonyl (C=O) groups excluding carboxylic acids is 3. The van der Waals surface area contributed by atoms with Gasteiger partial charge in [0.05, 0.1) is 23.7 Å².